The number of hydrogen-bond donors (Lipinski definition) is 3. The summed E-state index contributed by atoms with van der Waals surface area (Å²) >= 11 is 0. The second-order valence-electron chi connectivity index (χ2n) is 14.7. The van der Waals surface area contributed by atoms with Gasteiger partial charge >= 0.3 is 0 Å². The number of aliphatic hydroxyl groups excluding tert-OH is 1. The molecule has 2 aliphatic rings. The molecule has 10 nitrogen and oxygen atoms in total. The van der Waals surface area contributed by atoms with E-state index in [-0.39, 0.29) is 36.5 Å². The molecule has 4 atom stereocenters. The molecule has 55 heavy (non-hydrogen) atoms. The van der Waals surface area contributed by atoms with E-state index in [1.165, 1.54) is 18.1 Å². The molecule has 3 N–H and O–H groups in total. The fourth-order valence-corrected chi connectivity index (χ4v) is 7.51. The molecule has 0 aromatic heterocycles. The number of nitrogens with one attached hydrogen (secondary N) is 2. The number of ether oxygens (including phenoxy) is 4. The number of nitrogens with zero attached hydrogens (tertiary/aromatic N) is 1. The molecule has 4 aromatic carbocycles. The molecule has 10 heteroatoms. The SMILES string of the molecule is COc1cc2c(cc1OC)CN(C[C@H]1O[C@@H](c3ccc(-c4cccc(CNC(=O)CCCCCNC(C)=O)c4)cc3)O[C@@H](c3ccc(CO)cc3)[C@H]1C)CC2. The van der Waals surface area contributed by atoms with Gasteiger partial charge in [0, 0.05) is 57.5 Å². The second kappa shape index (κ2) is 19.2. The van der Waals surface area contributed by atoms with Crippen LogP contribution in [0.15, 0.2) is 84.9 Å². The lowest BCUT2D eigenvalue weighted by molar-refractivity contribution is -0.276. The maximum atomic E-state index is 12.5. The summed E-state index contributed by atoms with van der Waals surface area (Å²) in [7, 11) is 3.35. The van der Waals surface area contributed by atoms with Gasteiger partial charge in [0.25, 0.3) is 0 Å². The summed E-state index contributed by atoms with van der Waals surface area (Å²) in [5.41, 5.74) is 8.55. The summed E-state index contributed by atoms with van der Waals surface area (Å²) in [6, 6.07) is 28.8. The molecule has 6 rings (SSSR count). The predicted molar refractivity (Wildman–Crippen MR) is 212 cm³/mol. The topological polar surface area (TPSA) is 119 Å². The third-order valence-corrected chi connectivity index (χ3v) is 10.7. The lowest BCUT2D eigenvalue weighted by Gasteiger charge is -2.43. The summed E-state index contributed by atoms with van der Waals surface area (Å²) in [4.78, 5) is 25.9. The number of carbonyl (C=O) groups excluding carboxylic acids is 2. The lowest BCUT2D eigenvalue weighted by Crippen LogP contribution is -2.45. The third kappa shape index (κ3) is 10.5. The zero-order valence-corrected chi connectivity index (χ0v) is 32.5. The van der Waals surface area contributed by atoms with Crippen LogP contribution < -0.4 is 20.1 Å². The van der Waals surface area contributed by atoms with Crippen molar-refractivity contribution in [3.05, 3.63) is 118 Å². The molecule has 0 spiro atoms. The normalized spacial score (nSPS) is 19.7. The first-order valence-electron chi connectivity index (χ1n) is 19.4. The molecule has 2 heterocycles. The summed E-state index contributed by atoms with van der Waals surface area (Å²) in [5.74, 6) is 1.58. The van der Waals surface area contributed by atoms with Crippen LogP contribution in [0.3, 0.4) is 0 Å². The zero-order valence-electron chi connectivity index (χ0n) is 32.5. The minimum atomic E-state index is -0.564. The Bertz CT molecular complexity index is 1880. The van der Waals surface area contributed by atoms with Gasteiger partial charge in [-0.2, -0.15) is 0 Å². The van der Waals surface area contributed by atoms with Crippen LogP contribution in [0.4, 0.5) is 0 Å². The molecule has 1 saturated heterocycles. The number of benzene rings is 4. The molecule has 0 bridgehead atoms. The number of aliphatic hydroxyl groups is 1. The molecule has 2 amide bonds. The predicted octanol–water partition coefficient (Wildman–Crippen LogP) is 7.03. The van der Waals surface area contributed by atoms with Crippen molar-refractivity contribution in [2.75, 3.05) is 33.9 Å². The molecule has 1 fully saturated rings. The fourth-order valence-electron chi connectivity index (χ4n) is 7.51. The number of carbonyl (C=O) groups is 2. The second-order valence-corrected chi connectivity index (χ2v) is 14.7. The van der Waals surface area contributed by atoms with Crippen LogP contribution in [0.2, 0.25) is 0 Å². The van der Waals surface area contributed by atoms with Crippen molar-refractivity contribution in [2.45, 2.75) is 84.1 Å². The van der Waals surface area contributed by atoms with Crippen LogP contribution >= 0.6 is 0 Å². The van der Waals surface area contributed by atoms with Crippen molar-refractivity contribution in [3.63, 3.8) is 0 Å². The Morgan fingerprint density at radius 2 is 1.55 bits per heavy atom. The van der Waals surface area contributed by atoms with E-state index >= 15 is 0 Å². The van der Waals surface area contributed by atoms with Gasteiger partial charge in [-0.05, 0) is 76.4 Å². The van der Waals surface area contributed by atoms with Crippen LogP contribution in [-0.2, 0) is 45.2 Å². The Hall–Kier alpha value is -4.74. The smallest absolute Gasteiger partial charge is 0.220 e. The summed E-state index contributed by atoms with van der Waals surface area (Å²) in [5, 5.41) is 15.5. The number of amides is 2. The van der Waals surface area contributed by atoms with E-state index in [1.54, 1.807) is 14.2 Å². The molecule has 0 aliphatic carbocycles. The van der Waals surface area contributed by atoms with E-state index in [1.807, 2.05) is 24.3 Å². The highest BCUT2D eigenvalue weighted by atomic mass is 16.7. The number of rotatable bonds is 16. The van der Waals surface area contributed by atoms with Crippen molar-refractivity contribution < 1.29 is 33.6 Å². The van der Waals surface area contributed by atoms with Crippen molar-refractivity contribution in [1.82, 2.24) is 15.5 Å². The molecule has 0 saturated carbocycles. The number of unbranched alkanes of at least 4 members (excludes halogenated alkanes) is 2. The first-order valence-corrected chi connectivity index (χ1v) is 19.4. The maximum absolute atomic E-state index is 12.5. The van der Waals surface area contributed by atoms with Gasteiger partial charge in [-0.3, -0.25) is 14.5 Å². The highest BCUT2D eigenvalue weighted by Gasteiger charge is 2.39. The van der Waals surface area contributed by atoms with Gasteiger partial charge in [0.05, 0.1) is 33.0 Å². The van der Waals surface area contributed by atoms with E-state index in [2.05, 4.69) is 83.1 Å². The van der Waals surface area contributed by atoms with E-state index in [9.17, 15) is 14.7 Å². The van der Waals surface area contributed by atoms with Crippen molar-refractivity contribution in [1.29, 1.82) is 0 Å². The van der Waals surface area contributed by atoms with Gasteiger partial charge in [0.1, 0.15) is 0 Å². The summed E-state index contributed by atoms with van der Waals surface area (Å²) in [6.07, 6.45) is 3.08. The summed E-state index contributed by atoms with van der Waals surface area (Å²) < 4.78 is 24.8. The fraction of sp³-hybridized carbons (Fsp3) is 0.422. The zero-order chi connectivity index (χ0) is 38.7. The minimum Gasteiger partial charge on any atom is -0.493 e. The molecular formula is C45H55N3O7. The van der Waals surface area contributed by atoms with Crippen molar-refractivity contribution in [2.24, 2.45) is 5.92 Å². The molecular weight excluding hydrogens is 695 g/mol. The number of hydrogen-bond acceptors (Lipinski definition) is 8. The average Bonchev–Trinajstić information content (AvgIpc) is 3.21. The van der Waals surface area contributed by atoms with E-state index in [0.717, 1.165) is 90.2 Å². The first kappa shape index (κ1) is 39.9. The van der Waals surface area contributed by atoms with E-state index in [4.69, 9.17) is 18.9 Å². The Labute approximate surface area is 325 Å². The standard InChI is InChI=1S/C45H55N3O7/c1-30-42(28-48-22-20-38-24-40(52-3)41(53-4)25-39(38)27-48)54-45(55-44(30)35-14-12-32(29-49)13-15-35)36-18-16-34(17-19-36)37-10-8-9-33(23-37)26-47-43(51)11-6-5-7-21-46-31(2)50/h8-10,12-19,23-25,30,42,44-45,49H,5-7,11,20-22,26-29H2,1-4H3,(H,46,50)(H,47,51)/t30-,42+,44+,45+/m0/s1. The van der Waals surface area contributed by atoms with Crippen LogP contribution in [0.1, 0.15) is 85.3 Å². The van der Waals surface area contributed by atoms with Crippen LogP contribution in [0, 0.1) is 5.92 Å². The molecule has 4 aromatic rings. The monoisotopic (exact) mass is 749 g/mol. The van der Waals surface area contributed by atoms with E-state index in [0.29, 0.717) is 19.5 Å². The summed E-state index contributed by atoms with van der Waals surface area (Å²) in [6.45, 7) is 7.27. The first-order chi connectivity index (χ1) is 26.7. The Kier molecular flexibility index (Phi) is 14.0. The van der Waals surface area contributed by atoms with Gasteiger partial charge < -0.3 is 34.7 Å². The third-order valence-electron chi connectivity index (χ3n) is 10.7. The molecule has 0 radical (unpaired) electrons. The van der Waals surface area contributed by atoms with Crippen LogP contribution in [-0.4, -0.2) is 61.8 Å². The van der Waals surface area contributed by atoms with Crippen molar-refractivity contribution >= 4 is 11.8 Å². The number of methoxy groups -OCH3 is 2. The van der Waals surface area contributed by atoms with Gasteiger partial charge in [-0.25, -0.2) is 0 Å². The highest BCUT2D eigenvalue weighted by molar-refractivity contribution is 5.76. The van der Waals surface area contributed by atoms with Crippen LogP contribution in [0.5, 0.6) is 11.5 Å². The Morgan fingerprint density at radius 3 is 2.25 bits per heavy atom. The van der Waals surface area contributed by atoms with Crippen molar-refractivity contribution in [3.8, 4) is 22.6 Å². The maximum Gasteiger partial charge on any atom is 0.220 e. The lowest BCUT2D eigenvalue weighted by atomic mass is 9.89. The Morgan fingerprint density at radius 1 is 0.818 bits per heavy atom. The Balaban J connectivity index is 1.12. The van der Waals surface area contributed by atoms with Crippen LogP contribution in [0.25, 0.3) is 11.1 Å². The van der Waals surface area contributed by atoms with E-state index < -0.39 is 6.29 Å². The molecule has 292 valence electrons. The molecule has 2 aliphatic heterocycles. The molecule has 0 unspecified atom stereocenters. The van der Waals surface area contributed by atoms with Gasteiger partial charge in [0.2, 0.25) is 11.8 Å². The average molecular weight is 750 g/mol. The quantitative estimate of drug-likeness (QED) is 0.105. The number of fused-ring (bicyclic) bond motifs is 1. The largest absolute Gasteiger partial charge is 0.493 e. The van der Waals surface area contributed by atoms with Gasteiger partial charge in [0.15, 0.2) is 17.8 Å². The highest BCUT2D eigenvalue weighted by Crippen LogP contribution is 2.43. The van der Waals surface area contributed by atoms with Gasteiger partial charge in [-0.15, -0.1) is 0 Å². The minimum absolute atomic E-state index is 0.00423. The van der Waals surface area contributed by atoms with Gasteiger partial charge in [-0.1, -0.05) is 80.1 Å².